The molecule has 7 heteroatoms. The van der Waals surface area contributed by atoms with Crippen molar-refractivity contribution < 1.29 is 24.2 Å². The molecule has 31 heavy (non-hydrogen) atoms. The summed E-state index contributed by atoms with van der Waals surface area (Å²) in [5.74, 6) is -1.16. The minimum atomic E-state index is -0.706. The zero-order valence-electron chi connectivity index (χ0n) is 18.3. The number of ketones is 1. The number of aliphatic hydroxyl groups excluding tert-OH is 1. The summed E-state index contributed by atoms with van der Waals surface area (Å²) in [4.78, 5) is 29.4. The smallest absolute Gasteiger partial charge is 0.295 e. The van der Waals surface area contributed by atoms with Gasteiger partial charge in [0.1, 0.15) is 11.5 Å². The van der Waals surface area contributed by atoms with E-state index in [1.54, 1.807) is 31.4 Å². The van der Waals surface area contributed by atoms with E-state index >= 15 is 0 Å². The molecule has 164 valence electrons. The fraction of sp³-hybridized carbons (Fsp3) is 0.333. The van der Waals surface area contributed by atoms with Gasteiger partial charge in [0.25, 0.3) is 11.7 Å². The number of methoxy groups -OCH3 is 2. The molecule has 1 unspecified atom stereocenters. The highest BCUT2D eigenvalue weighted by Crippen LogP contribution is 2.41. The molecule has 0 aliphatic carbocycles. The van der Waals surface area contributed by atoms with Gasteiger partial charge in [-0.3, -0.25) is 9.59 Å². The predicted molar refractivity (Wildman–Crippen MR) is 119 cm³/mol. The van der Waals surface area contributed by atoms with E-state index in [1.165, 1.54) is 12.0 Å². The van der Waals surface area contributed by atoms with E-state index in [1.807, 2.05) is 43.3 Å². The SMILES string of the molecule is COCCCN1C(=O)C(=O)/C(=C(\O)c2ccccc2OC)C1c1ccc(N(C)C)cc1. The molecule has 3 rings (SSSR count). The van der Waals surface area contributed by atoms with Crippen molar-refractivity contribution in [1.82, 2.24) is 4.90 Å². The standard InChI is InChI=1S/C24H28N2O5/c1-25(2)17-12-10-16(11-13-17)21-20(22(27)18-8-5-6-9-19(18)31-4)23(28)24(29)26(21)14-7-15-30-3/h5-6,8-13,21,27H,7,14-15H2,1-4H3/b22-20-. The Morgan fingerprint density at radius 3 is 2.35 bits per heavy atom. The monoisotopic (exact) mass is 424 g/mol. The molecule has 1 heterocycles. The zero-order chi connectivity index (χ0) is 22.5. The molecule has 1 atom stereocenters. The lowest BCUT2D eigenvalue weighted by Gasteiger charge is -2.26. The van der Waals surface area contributed by atoms with Gasteiger partial charge < -0.3 is 24.4 Å². The molecule has 2 aromatic carbocycles. The number of hydrogen-bond donors (Lipinski definition) is 1. The fourth-order valence-corrected chi connectivity index (χ4v) is 3.78. The molecule has 0 aromatic heterocycles. The quantitative estimate of drug-likeness (QED) is 0.303. The summed E-state index contributed by atoms with van der Waals surface area (Å²) in [6.45, 7) is 0.795. The summed E-state index contributed by atoms with van der Waals surface area (Å²) in [6, 6.07) is 13.8. The second kappa shape index (κ2) is 9.66. The van der Waals surface area contributed by atoms with Crippen molar-refractivity contribution in [3.8, 4) is 5.75 Å². The van der Waals surface area contributed by atoms with Crippen LogP contribution in [0.2, 0.25) is 0 Å². The maximum atomic E-state index is 13.0. The first-order valence-electron chi connectivity index (χ1n) is 10.1. The molecule has 1 saturated heterocycles. The second-order valence-corrected chi connectivity index (χ2v) is 7.53. The van der Waals surface area contributed by atoms with Crippen LogP contribution in [-0.2, 0) is 14.3 Å². The first-order chi connectivity index (χ1) is 14.9. The van der Waals surface area contributed by atoms with E-state index in [2.05, 4.69) is 0 Å². The Bertz CT molecular complexity index is 982. The van der Waals surface area contributed by atoms with Crippen LogP contribution in [0.15, 0.2) is 54.1 Å². The van der Waals surface area contributed by atoms with Gasteiger partial charge in [0, 0.05) is 40.0 Å². The Hall–Kier alpha value is -3.32. The molecular formula is C24H28N2O5. The normalized spacial score (nSPS) is 17.8. The summed E-state index contributed by atoms with van der Waals surface area (Å²) < 4.78 is 10.5. The average molecular weight is 424 g/mol. The van der Waals surface area contributed by atoms with Crippen molar-refractivity contribution in [3.63, 3.8) is 0 Å². The molecule has 1 amide bonds. The summed E-state index contributed by atoms with van der Waals surface area (Å²) in [5, 5.41) is 11.2. The third kappa shape index (κ3) is 4.41. The van der Waals surface area contributed by atoms with Gasteiger partial charge >= 0.3 is 0 Å². The maximum Gasteiger partial charge on any atom is 0.295 e. The molecular weight excluding hydrogens is 396 g/mol. The van der Waals surface area contributed by atoms with Crippen LogP contribution in [0.4, 0.5) is 5.69 Å². The Kier molecular flexibility index (Phi) is 6.97. The van der Waals surface area contributed by atoms with E-state index in [0.717, 1.165) is 11.3 Å². The molecule has 1 fully saturated rings. The molecule has 0 bridgehead atoms. The number of aliphatic hydroxyl groups is 1. The van der Waals surface area contributed by atoms with Crippen LogP contribution in [-0.4, -0.2) is 63.2 Å². The van der Waals surface area contributed by atoms with Gasteiger partial charge in [0.2, 0.25) is 0 Å². The van der Waals surface area contributed by atoms with Gasteiger partial charge in [0.15, 0.2) is 0 Å². The van der Waals surface area contributed by atoms with Crippen molar-refractivity contribution in [2.24, 2.45) is 0 Å². The fourth-order valence-electron chi connectivity index (χ4n) is 3.78. The van der Waals surface area contributed by atoms with Gasteiger partial charge in [0.05, 0.1) is 24.3 Å². The summed E-state index contributed by atoms with van der Waals surface area (Å²) >= 11 is 0. The number of para-hydroxylation sites is 1. The third-order valence-electron chi connectivity index (χ3n) is 5.37. The van der Waals surface area contributed by atoms with Crippen molar-refractivity contribution in [2.75, 3.05) is 46.4 Å². The predicted octanol–water partition coefficient (Wildman–Crippen LogP) is 3.22. The molecule has 0 saturated carbocycles. The summed E-state index contributed by atoms with van der Waals surface area (Å²) in [6.07, 6.45) is 0.574. The Morgan fingerprint density at radius 1 is 1.06 bits per heavy atom. The number of anilines is 1. The van der Waals surface area contributed by atoms with Crippen LogP contribution >= 0.6 is 0 Å². The Balaban J connectivity index is 2.14. The minimum absolute atomic E-state index is 0.0597. The Labute approximate surface area is 182 Å². The molecule has 1 N–H and O–H groups in total. The van der Waals surface area contributed by atoms with E-state index in [4.69, 9.17) is 9.47 Å². The number of rotatable bonds is 8. The third-order valence-corrected chi connectivity index (χ3v) is 5.37. The van der Waals surface area contributed by atoms with E-state index in [-0.39, 0.29) is 11.3 Å². The lowest BCUT2D eigenvalue weighted by molar-refractivity contribution is -0.140. The van der Waals surface area contributed by atoms with Crippen LogP contribution in [0.5, 0.6) is 5.75 Å². The maximum absolute atomic E-state index is 13.0. The van der Waals surface area contributed by atoms with Gasteiger partial charge in [-0.1, -0.05) is 24.3 Å². The first kappa shape index (κ1) is 22.4. The summed E-state index contributed by atoms with van der Waals surface area (Å²) in [7, 11) is 6.96. The van der Waals surface area contributed by atoms with Crippen molar-refractivity contribution >= 4 is 23.1 Å². The number of ether oxygens (including phenoxy) is 2. The lowest BCUT2D eigenvalue weighted by atomic mass is 9.94. The van der Waals surface area contributed by atoms with Gasteiger partial charge in [-0.25, -0.2) is 0 Å². The number of likely N-dealkylation sites (tertiary alicyclic amines) is 1. The minimum Gasteiger partial charge on any atom is -0.507 e. The van der Waals surface area contributed by atoms with E-state index < -0.39 is 17.7 Å². The number of amides is 1. The lowest BCUT2D eigenvalue weighted by Crippen LogP contribution is -2.31. The number of carbonyl (C=O) groups excluding carboxylic acids is 2. The second-order valence-electron chi connectivity index (χ2n) is 7.53. The highest BCUT2D eigenvalue weighted by Gasteiger charge is 2.46. The number of nitrogens with zero attached hydrogens (tertiary/aromatic N) is 2. The van der Waals surface area contributed by atoms with Crippen molar-refractivity contribution in [2.45, 2.75) is 12.5 Å². The summed E-state index contributed by atoms with van der Waals surface area (Å²) in [5.41, 5.74) is 2.17. The zero-order valence-corrected chi connectivity index (χ0v) is 18.3. The van der Waals surface area contributed by atoms with Crippen molar-refractivity contribution in [1.29, 1.82) is 0 Å². The van der Waals surface area contributed by atoms with Crippen LogP contribution in [0.25, 0.3) is 5.76 Å². The molecule has 2 aromatic rings. The van der Waals surface area contributed by atoms with Gasteiger partial charge in [-0.05, 0) is 36.2 Å². The van der Waals surface area contributed by atoms with Crippen molar-refractivity contribution in [3.05, 3.63) is 65.2 Å². The van der Waals surface area contributed by atoms with Crippen LogP contribution < -0.4 is 9.64 Å². The highest BCUT2D eigenvalue weighted by atomic mass is 16.5. The van der Waals surface area contributed by atoms with E-state index in [9.17, 15) is 14.7 Å². The van der Waals surface area contributed by atoms with E-state index in [0.29, 0.717) is 30.9 Å². The van der Waals surface area contributed by atoms with Crippen LogP contribution in [0, 0.1) is 0 Å². The van der Waals surface area contributed by atoms with Gasteiger partial charge in [-0.2, -0.15) is 0 Å². The highest BCUT2D eigenvalue weighted by molar-refractivity contribution is 6.46. The molecule has 1 aliphatic rings. The van der Waals surface area contributed by atoms with Crippen LogP contribution in [0.3, 0.4) is 0 Å². The van der Waals surface area contributed by atoms with Gasteiger partial charge in [-0.15, -0.1) is 0 Å². The largest absolute Gasteiger partial charge is 0.507 e. The molecule has 1 aliphatic heterocycles. The number of benzene rings is 2. The topological polar surface area (TPSA) is 79.3 Å². The number of Topliss-reactive ketones (excluding diaryl/α,β-unsaturated/α-hetero) is 1. The molecule has 0 spiro atoms. The number of hydrogen-bond acceptors (Lipinski definition) is 6. The molecule has 0 radical (unpaired) electrons. The Morgan fingerprint density at radius 2 is 1.74 bits per heavy atom. The van der Waals surface area contributed by atoms with Crippen LogP contribution in [0.1, 0.15) is 23.6 Å². The average Bonchev–Trinajstić information content (AvgIpc) is 3.03. The molecule has 7 nitrogen and oxygen atoms in total. The first-order valence-corrected chi connectivity index (χ1v) is 10.1. The number of carbonyl (C=O) groups is 2.